The lowest BCUT2D eigenvalue weighted by atomic mass is 9.97. The number of tetrazole rings is 1. The molecule has 2 N–H and O–H groups in total. The van der Waals surface area contributed by atoms with Crippen molar-refractivity contribution in [3.05, 3.63) is 101 Å². The Hall–Kier alpha value is -4.96. The number of aromatic amines is 1. The van der Waals surface area contributed by atoms with Crippen LogP contribution in [-0.4, -0.2) is 40.3 Å². The van der Waals surface area contributed by atoms with Crippen LogP contribution in [-0.2, 0) is 19.6 Å². The number of hydrogen-bond donors (Lipinski definition) is 2. The number of aryl methyl sites for hydroxylation is 1. The number of fused-ring (bicyclic) bond motifs is 1. The minimum absolute atomic E-state index is 0.302. The van der Waals surface area contributed by atoms with E-state index in [-0.39, 0.29) is 6.61 Å². The van der Waals surface area contributed by atoms with Gasteiger partial charge in [-0.1, -0.05) is 55.8 Å². The number of nitrogens with one attached hydrogen (secondary N) is 1. The van der Waals surface area contributed by atoms with Crippen LogP contribution in [0.15, 0.2) is 79.0 Å². The molecule has 6 aromatic rings. The zero-order valence-electron chi connectivity index (χ0n) is 22.0. The number of aliphatic hydroxyl groups excluding tert-OH is 1. The van der Waals surface area contributed by atoms with Gasteiger partial charge in [-0.15, -0.1) is 10.2 Å². The lowest BCUT2D eigenvalue weighted by molar-refractivity contribution is -0.593. The van der Waals surface area contributed by atoms with Gasteiger partial charge in [-0.25, -0.2) is 9.97 Å². The molecule has 10 nitrogen and oxygen atoms in total. The van der Waals surface area contributed by atoms with E-state index in [0.29, 0.717) is 40.5 Å². The predicted octanol–water partition coefficient (Wildman–Crippen LogP) is 4.46. The van der Waals surface area contributed by atoms with Crippen molar-refractivity contribution in [2.45, 2.75) is 39.3 Å². The molecule has 0 amide bonds. The average molecular weight is 533 g/mol. The molecule has 0 fully saturated rings. The Balaban J connectivity index is 1.47. The van der Waals surface area contributed by atoms with E-state index in [1.807, 2.05) is 24.3 Å². The van der Waals surface area contributed by atoms with Crippen molar-refractivity contribution in [3.63, 3.8) is 0 Å². The largest absolute Gasteiger partial charge is 0.618 e. The number of rotatable bonds is 9. The van der Waals surface area contributed by atoms with E-state index in [1.165, 1.54) is 6.20 Å². The number of unbranched alkanes of at least 4 members (excludes halogenated alkanes) is 1. The van der Waals surface area contributed by atoms with Crippen LogP contribution in [0, 0.1) is 5.21 Å². The number of nitrogens with zero attached hydrogens (tertiary/aromatic N) is 7. The molecule has 0 aliphatic heterocycles. The molecule has 4 aromatic heterocycles. The molecule has 0 atom stereocenters. The SMILES string of the molecule is CCCCc1nc2cc(-c3cccc[n+]3[O-])c(CO)nc2n1Cc1ccc(-c2ccccc2)c(-c2nn[nH]n2)c1. The summed E-state index contributed by atoms with van der Waals surface area (Å²) >= 11 is 0. The van der Waals surface area contributed by atoms with Gasteiger partial charge in [-0.3, -0.25) is 0 Å². The molecule has 2 aromatic carbocycles. The number of H-pyrrole nitrogens is 1. The lowest BCUT2D eigenvalue weighted by Crippen LogP contribution is -2.28. The highest BCUT2D eigenvalue weighted by molar-refractivity contribution is 5.81. The maximum Gasteiger partial charge on any atom is 0.225 e. The van der Waals surface area contributed by atoms with Gasteiger partial charge in [0.25, 0.3) is 0 Å². The van der Waals surface area contributed by atoms with Gasteiger partial charge in [0.1, 0.15) is 11.3 Å². The van der Waals surface area contributed by atoms with Crippen molar-refractivity contribution in [2.75, 3.05) is 0 Å². The molecule has 0 spiro atoms. The summed E-state index contributed by atoms with van der Waals surface area (Å²) in [6.45, 7) is 2.36. The van der Waals surface area contributed by atoms with E-state index >= 15 is 0 Å². The van der Waals surface area contributed by atoms with Crippen LogP contribution in [0.5, 0.6) is 0 Å². The summed E-state index contributed by atoms with van der Waals surface area (Å²) < 4.78 is 2.88. The van der Waals surface area contributed by atoms with Crippen LogP contribution in [0.1, 0.15) is 36.8 Å². The number of pyridine rings is 2. The van der Waals surface area contributed by atoms with Gasteiger partial charge in [0.2, 0.25) is 11.5 Å². The molecule has 0 unspecified atom stereocenters. The minimum Gasteiger partial charge on any atom is -0.618 e. The van der Waals surface area contributed by atoms with Crippen LogP contribution in [0.2, 0.25) is 0 Å². The Bertz CT molecular complexity index is 1760. The Morgan fingerprint density at radius 1 is 0.950 bits per heavy atom. The Labute approximate surface area is 230 Å². The summed E-state index contributed by atoms with van der Waals surface area (Å²) in [5, 5.41) is 37.6. The first-order valence-electron chi connectivity index (χ1n) is 13.3. The first-order valence-corrected chi connectivity index (χ1v) is 13.3. The fourth-order valence-corrected chi connectivity index (χ4v) is 5.01. The molecule has 0 bridgehead atoms. The third-order valence-electron chi connectivity index (χ3n) is 6.98. The Morgan fingerprint density at radius 2 is 1.80 bits per heavy atom. The lowest BCUT2D eigenvalue weighted by Gasteiger charge is -2.13. The van der Waals surface area contributed by atoms with Crippen LogP contribution >= 0.6 is 0 Å². The number of hydrogen-bond acceptors (Lipinski definition) is 7. The molecule has 200 valence electrons. The third-order valence-corrected chi connectivity index (χ3v) is 6.98. The molecule has 0 radical (unpaired) electrons. The van der Waals surface area contributed by atoms with Gasteiger partial charge in [-0.2, -0.15) is 9.94 Å². The first kappa shape index (κ1) is 25.3. The standard InChI is InChI=1S/C30H28N8O2/c1-2-3-12-28-31-25-17-24(27-11-7-8-15-38(27)40)26(19-39)32-30(25)37(28)18-20-13-14-22(21-9-5-4-6-10-21)23(16-20)29-33-35-36-34-29/h4-11,13-17,39H,2-3,12,18-19H2,1H3,(H,33,34,35,36). The normalized spacial score (nSPS) is 11.3. The number of benzene rings is 2. The highest BCUT2D eigenvalue weighted by Gasteiger charge is 2.21. The van der Waals surface area contributed by atoms with Crippen molar-refractivity contribution in [1.82, 2.24) is 35.2 Å². The molecule has 6 rings (SSSR count). The van der Waals surface area contributed by atoms with Crippen molar-refractivity contribution in [3.8, 4) is 33.8 Å². The van der Waals surface area contributed by atoms with Crippen LogP contribution in [0.3, 0.4) is 0 Å². The van der Waals surface area contributed by atoms with E-state index in [2.05, 4.69) is 62.4 Å². The van der Waals surface area contributed by atoms with Crippen LogP contribution in [0.4, 0.5) is 0 Å². The van der Waals surface area contributed by atoms with E-state index < -0.39 is 0 Å². The number of aliphatic hydroxyl groups is 1. The fraction of sp³-hybridized carbons (Fsp3) is 0.200. The van der Waals surface area contributed by atoms with Crippen LogP contribution in [0.25, 0.3) is 44.9 Å². The number of imidazole rings is 1. The molecule has 0 saturated heterocycles. The van der Waals surface area contributed by atoms with Gasteiger partial charge in [0.05, 0.1) is 24.4 Å². The molecular weight excluding hydrogens is 504 g/mol. The van der Waals surface area contributed by atoms with Gasteiger partial charge < -0.3 is 14.9 Å². The molecule has 0 aliphatic rings. The molecule has 40 heavy (non-hydrogen) atoms. The van der Waals surface area contributed by atoms with E-state index in [1.54, 1.807) is 18.2 Å². The van der Waals surface area contributed by atoms with Crippen molar-refractivity contribution >= 4 is 11.2 Å². The van der Waals surface area contributed by atoms with E-state index in [9.17, 15) is 10.3 Å². The maximum atomic E-state index is 12.5. The van der Waals surface area contributed by atoms with Gasteiger partial charge in [0, 0.05) is 24.1 Å². The molecule has 4 heterocycles. The zero-order chi connectivity index (χ0) is 27.5. The van der Waals surface area contributed by atoms with Gasteiger partial charge >= 0.3 is 0 Å². The third kappa shape index (κ3) is 4.80. The fourth-order valence-electron chi connectivity index (χ4n) is 5.01. The second kappa shape index (κ2) is 11.0. The topological polar surface area (TPSA) is 132 Å². The second-order valence-corrected chi connectivity index (χ2v) is 9.59. The number of aromatic nitrogens is 8. The Kier molecular flexibility index (Phi) is 6.98. The second-order valence-electron chi connectivity index (χ2n) is 9.59. The quantitative estimate of drug-likeness (QED) is 0.207. The zero-order valence-corrected chi connectivity index (χ0v) is 22.0. The van der Waals surface area contributed by atoms with Crippen molar-refractivity contribution < 1.29 is 9.84 Å². The van der Waals surface area contributed by atoms with E-state index in [0.717, 1.165) is 52.1 Å². The first-order chi connectivity index (χ1) is 19.7. The van der Waals surface area contributed by atoms with Crippen molar-refractivity contribution in [1.29, 1.82) is 0 Å². The summed E-state index contributed by atoms with van der Waals surface area (Å²) in [6.07, 6.45) is 4.22. The van der Waals surface area contributed by atoms with E-state index in [4.69, 9.17) is 9.97 Å². The summed E-state index contributed by atoms with van der Waals surface area (Å²) in [5.41, 5.74) is 6.73. The maximum absolute atomic E-state index is 12.5. The predicted molar refractivity (Wildman–Crippen MR) is 151 cm³/mol. The highest BCUT2D eigenvalue weighted by Crippen LogP contribution is 2.32. The molecule has 10 heteroatoms. The van der Waals surface area contributed by atoms with Gasteiger partial charge in [-0.05, 0) is 46.5 Å². The minimum atomic E-state index is -0.302. The summed E-state index contributed by atoms with van der Waals surface area (Å²) in [5.74, 6) is 1.42. The van der Waals surface area contributed by atoms with Crippen LogP contribution < -0.4 is 4.73 Å². The van der Waals surface area contributed by atoms with Crippen molar-refractivity contribution in [2.24, 2.45) is 0 Å². The highest BCUT2D eigenvalue weighted by atomic mass is 16.5. The monoisotopic (exact) mass is 532 g/mol. The Morgan fingerprint density at radius 3 is 2.55 bits per heavy atom. The summed E-state index contributed by atoms with van der Waals surface area (Å²) in [7, 11) is 0. The molecule has 0 aliphatic carbocycles. The summed E-state index contributed by atoms with van der Waals surface area (Å²) in [6, 6.07) is 23.4. The molecule has 0 saturated carbocycles. The van der Waals surface area contributed by atoms with Gasteiger partial charge in [0.15, 0.2) is 11.8 Å². The molecular formula is C30H28N8O2. The smallest absolute Gasteiger partial charge is 0.225 e. The average Bonchev–Trinajstić information content (AvgIpc) is 3.64. The summed E-state index contributed by atoms with van der Waals surface area (Å²) in [4.78, 5) is 9.77.